The average Bonchev–Trinajstić information content (AvgIpc) is 2.73. The third kappa shape index (κ3) is 6.11. The van der Waals surface area contributed by atoms with Crippen LogP contribution in [-0.4, -0.2) is 52.5 Å². The second-order valence-corrected chi connectivity index (χ2v) is 7.79. The van der Waals surface area contributed by atoms with Crippen LogP contribution in [0, 0.1) is 11.3 Å². The van der Waals surface area contributed by atoms with Gasteiger partial charge in [0.25, 0.3) is 5.91 Å². The van der Waals surface area contributed by atoms with Gasteiger partial charge in [-0.05, 0) is 38.8 Å². The molecule has 0 radical (unpaired) electrons. The maximum absolute atomic E-state index is 12.7. The Hall–Kier alpha value is -3.26. The van der Waals surface area contributed by atoms with E-state index in [2.05, 4.69) is 21.5 Å². The highest BCUT2D eigenvalue weighted by molar-refractivity contribution is 6.00. The Balaban J connectivity index is 1.94. The Labute approximate surface area is 179 Å². The quantitative estimate of drug-likeness (QED) is 0.559. The summed E-state index contributed by atoms with van der Waals surface area (Å²) in [7, 11) is 0. The molecule has 1 aromatic heterocycles. The molecule has 1 amide bonds. The summed E-state index contributed by atoms with van der Waals surface area (Å²) >= 11 is 0. The maximum Gasteiger partial charge on any atom is 0.284 e. The second kappa shape index (κ2) is 9.70. The zero-order chi connectivity index (χ0) is 22.4. The Morgan fingerprint density at radius 2 is 2.26 bits per heavy atom. The molecule has 1 saturated heterocycles. The highest BCUT2D eigenvalue weighted by Crippen LogP contribution is 2.28. The van der Waals surface area contributed by atoms with Crippen LogP contribution >= 0.6 is 0 Å². The lowest BCUT2D eigenvalue weighted by molar-refractivity contribution is -0.0524. The van der Waals surface area contributed by atoms with Gasteiger partial charge in [-0.25, -0.2) is 10.5 Å². The number of hydrogen-bond acceptors (Lipinski definition) is 9. The third-order valence-corrected chi connectivity index (χ3v) is 4.37. The zero-order valence-corrected chi connectivity index (χ0v) is 17.4. The van der Waals surface area contributed by atoms with E-state index in [-0.39, 0.29) is 35.8 Å². The van der Waals surface area contributed by atoms with Crippen LogP contribution in [0.3, 0.4) is 0 Å². The predicted molar refractivity (Wildman–Crippen MR) is 111 cm³/mol. The molecule has 1 aromatic carbocycles. The molecule has 10 heteroatoms. The van der Waals surface area contributed by atoms with Gasteiger partial charge in [0.1, 0.15) is 24.1 Å². The van der Waals surface area contributed by atoms with Crippen LogP contribution in [0.25, 0.3) is 11.4 Å². The summed E-state index contributed by atoms with van der Waals surface area (Å²) in [5.74, 6) is -0.603. The van der Waals surface area contributed by atoms with Crippen molar-refractivity contribution < 1.29 is 24.2 Å². The largest absolute Gasteiger partial charge is 0.471 e. The van der Waals surface area contributed by atoms with Gasteiger partial charge < -0.3 is 20.3 Å². The van der Waals surface area contributed by atoms with Gasteiger partial charge in [-0.3, -0.25) is 9.63 Å². The molecule has 0 spiro atoms. The molecule has 0 aliphatic carbocycles. The molecule has 1 aliphatic heterocycles. The molecule has 1 atom stereocenters. The van der Waals surface area contributed by atoms with E-state index in [9.17, 15) is 9.90 Å². The lowest BCUT2D eigenvalue weighted by atomic mass is 10.1. The van der Waals surface area contributed by atoms with Gasteiger partial charge in [0, 0.05) is 12.2 Å². The molecule has 10 nitrogen and oxygen atoms in total. The number of carbonyl (C=O) groups is 1. The minimum absolute atomic E-state index is 0.00952. The number of rotatable bonds is 7. The van der Waals surface area contributed by atoms with E-state index in [0.717, 1.165) is 12.8 Å². The fourth-order valence-corrected chi connectivity index (χ4v) is 2.90. The summed E-state index contributed by atoms with van der Waals surface area (Å²) < 4.78 is 11.4. The summed E-state index contributed by atoms with van der Waals surface area (Å²) in [5, 5.41) is 18.9. The van der Waals surface area contributed by atoms with Gasteiger partial charge in [0.05, 0.1) is 23.8 Å². The van der Waals surface area contributed by atoms with E-state index in [4.69, 9.17) is 25.3 Å². The van der Waals surface area contributed by atoms with Crippen LogP contribution in [0.15, 0.2) is 24.3 Å². The van der Waals surface area contributed by atoms with Gasteiger partial charge >= 0.3 is 0 Å². The van der Waals surface area contributed by atoms with Crippen molar-refractivity contribution in [1.29, 1.82) is 5.26 Å². The summed E-state index contributed by atoms with van der Waals surface area (Å²) in [5.41, 5.74) is 8.11. The van der Waals surface area contributed by atoms with Crippen molar-refractivity contribution in [2.45, 2.75) is 38.4 Å². The monoisotopic (exact) mass is 427 g/mol. The van der Waals surface area contributed by atoms with E-state index >= 15 is 0 Å². The highest BCUT2D eigenvalue weighted by Gasteiger charge is 2.26. The number of nitrogens with zero attached hydrogens (tertiary/aromatic N) is 3. The van der Waals surface area contributed by atoms with Crippen LogP contribution in [0.2, 0.25) is 0 Å². The Bertz CT molecular complexity index is 977. The molecular weight excluding hydrogens is 402 g/mol. The van der Waals surface area contributed by atoms with Crippen LogP contribution in [-0.2, 0) is 9.57 Å². The number of nitriles is 1. The van der Waals surface area contributed by atoms with Crippen LogP contribution in [0.1, 0.15) is 42.6 Å². The molecule has 0 bridgehead atoms. The van der Waals surface area contributed by atoms with Gasteiger partial charge in [0.2, 0.25) is 5.88 Å². The fraction of sp³-hybridized carbons (Fsp3) is 0.429. The number of hydrogen-bond donors (Lipinski definition) is 3. The average molecular weight is 427 g/mol. The number of nitrogen functional groups attached to an aromatic ring is 1. The second-order valence-electron chi connectivity index (χ2n) is 7.79. The van der Waals surface area contributed by atoms with Crippen molar-refractivity contribution in [1.82, 2.24) is 15.4 Å². The van der Waals surface area contributed by atoms with Gasteiger partial charge in [-0.15, -0.1) is 0 Å². The summed E-state index contributed by atoms with van der Waals surface area (Å²) in [6.45, 7) is 3.96. The first-order valence-electron chi connectivity index (χ1n) is 9.84. The van der Waals surface area contributed by atoms with Gasteiger partial charge in [-0.1, -0.05) is 12.1 Å². The van der Waals surface area contributed by atoms with E-state index in [1.165, 1.54) is 0 Å². The minimum atomic E-state index is -1.14. The van der Waals surface area contributed by atoms with Gasteiger partial charge in [-0.2, -0.15) is 10.2 Å². The van der Waals surface area contributed by atoms with Crippen LogP contribution in [0.4, 0.5) is 5.82 Å². The lowest BCUT2D eigenvalue weighted by Crippen LogP contribution is -2.35. The lowest BCUT2D eigenvalue weighted by Gasteiger charge is -2.24. The standard InChI is InChI=1S/C21H25N5O5/c1-21(2,28)12-30-26-19(27)16-17(23)24-18(14-6-3-5-13(9-14)10-22)25-20(16)31-15-7-4-8-29-11-15/h3,5-6,9,15,28H,4,7-8,11-12H2,1-2H3,(H,26,27)(H2,23,24,25). The maximum atomic E-state index is 12.7. The first-order chi connectivity index (χ1) is 14.8. The first kappa shape index (κ1) is 22.4. The normalized spacial score (nSPS) is 16.4. The number of nitrogens with one attached hydrogen (secondary N) is 1. The highest BCUT2D eigenvalue weighted by atomic mass is 16.7. The van der Waals surface area contributed by atoms with Crippen molar-refractivity contribution in [2.75, 3.05) is 25.6 Å². The Kier molecular flexibility index (Phi) is 7.02. The SMILES string of the molecule is CC(C)(O)CONC(=O)c1c(N)nc(-c2cccc(C#N)c2)nc1OC1CCCOC1. The number of hydroxylamine groups is 1. The molecule has 4 N–H and O–H groups in total. The van der Waals surface area contributed by atoms with Crippen LogP contribution in [0.5, 0.6) is 5.88 Å². The van der Waals surface area contributed by atoms with Gasteiger partial charge in [0.15, 0.2) is 5.82 Å². The summed E-state index contributed by atoms with van der Waals surface area (Å²) in [6, 6.07) is 8.77. The van der Waals surface area contributed by atoms with E-state index in [0.29, 0.717) is 24.3 Å². The number of nitrogens with two attached hydrogens (primary N) is 1. The molecule has 0 saturated carbocycles. The number of amides is 1. The topological polar surface area (TPSA) is 153 Å². The Morgan fingerprint density at radius 3 is 2.94 bits per heavy atom. The van der Waals surface area contributed by atoms with Crippen molar-refractivity contribution in [3.8, 4) is 23.3 Å². The molecule has 31 heavy (non-hydrogen) atoms. The first-order valence-corrected chi connectivity index (χ1v) is 9.84. The number of benzene rings is 1. The number of carbonyl (C=O) groups excluding carboxylic acids is 1. The molecule has 3 rings (SSSR count). The molecule has 164 valence electrons. The number of aliphatic hydroxyl groups is 1. The third-order valence-electron chi connectivity index (χ3n) is 4.37. The molecule has 1 aliphatic rings. The minimum Gasteiger partial charge on any atom is -0.471 e. The molecule has 1 unspecified atom stereocenters. The van der Waals surface area contributed by atoms with Crippen LogP contribution < -0.4 is 16.0 Å². The van der Waals surface area contributed by atoms with Crippen molar-refractivity contribution in [2.24, 2.45) is 0 Å². The fourth-order valence-electron chi connectivity index (χ4n) is 2.90. The molecule has 1 fully saturated rings. The predicted octanol–water partition coefficient (Wildman–Crippen LogP) is 1.59. The molecule has 2 aromatic rings. The molecular formula is C21H25N5O5. The summed E-state index contributed by atoms with van der Waals surface area (Å²) in [6.07, 6.45) is 1.25. The smallest absolute Gasteiger partial charge is 0.284 e. The number of anilines is 1. The van der Waals surface area contributed by atoms with Crippen molar-refractivity contribution in [3.63, 3.8) is 0 Å². The van der Waals surface area contributed by atoms with E-state index in [1.807, 2.05) is 0 Å². The number of ether oxygens (including phenoxy) is 2. The Morgan fingerprint density at radius 1 is 1.45 bits per heavy atom. The van der Waals surface area contributed by atoms with E-state index < -0.39 is 11.5 Å². The van der Waals surface area contributed by atoms with Crippen molar-refractivity contribution in [3.05, 3.63) is 35.4 Å². The summed E-state index contributed by atoms with van der Waals surface area (Å²) in [4.78, 5) is 26.5. The zero-order valence-electron chi connectivity index (χ0n) is 17.4. The van der Waals surface area contributed by atoms with Crippen molar-refractivity contribution >= 4 is 11.7 Å². The van der Waals surface area contributed by atoms with E-state index in [1.54, 1.807) is 38.1 Å². The number of aromatic nitrogens is 2. The molecule has 2 heterocycles.